The topological polar surface area (TPSA) is 75.9 Å². The van der Waals surface area contributed by atoms with Crippen LogP contribution in [0.5, 0.6) is 0 Å². The first kappa shape index (κ1) is 20.3. The first-order valence-corrected chi connectivity index (χ1v) is 7.62. The predicted molar refractivity (Wildman–Crippen MR) is 96.3 cm³/mol. The van der Waals surface area contributed by atoms with Crippen LogP contribution in [0.15, 0.2) is 31.0 Å². The normalized spacial score (nSPS) is 16.1. The Labute approximate surface area is 153 Å². The first-order valence-electron chi connectivity index (χ1n) is 7.62. The van der Waals surface area contributed by atoms with Crippen molar-refractivity contribution in [2.45, 2.75) is 25.8 Å². The monoisotopic (exact) mass is 372 g/mol. The molecule has 1 N–H and O–H groups in total. The van der Waals surface area contributed by atoms with Gasteiger partial charge in [0.15, 0.2) is 5.82 Å². The molecule has 0 saturated carbocycles. The van der Waals surface area contributed by atoms with Crippen LogP contribution in [0.3, 0.4) is 0 Å². The van der Waals surface area contributed by atoms with E-state index in [9.17, 15) is 4.79 Å². The van der Waals surface area contributed by atoms with E-state index in [4.69, 9.17) is 0 Å². The second kappa shape index (κ2) is 9.56. The van der Waals surface area contributed by atoms with E-state index < -0.39 is 0 Å². The first-order chi connectivity index (χ1) is 10.8. The summed E-state index contributed by atoms with van der Waals surface area (Å²) in [5, 5.41) is 7.38. The fourth-order valence-corrected chi connectivity index (χ4v) is 2.77. The molecule has 9 heteroatoms. The number of amides is 1. The molecule has 0 aromatic carbocycles. The SMILES string of the molecule is CCCN(C(=O)c1ccnc(-n2cncn2)c1)C1CCNC1.Cl.Cl. The number of halogens is 2. The van der Waals surface area contributed by atoms with Gasteiger partial charge in [0.05, 0.1) is 0 Å². The molecule has 1 fully saturated rings. The van der Waals surface area contributed by atoms with Crippen molar-refractivity contribution in [2.24, 2.45) is 0 Å². The molecular formula is C15H22Cl2N6O. The van der Waals surface area contributed by atoms with E-state index in [0.29, 0.717) is 11.4 Å². The smallest absolute Gasteiger partial charge is 0.254 e. The van der Waals surface area contributed by atoms with Gasteiger partial charge in [-0.05, 0) is 31.5 Å². The van der Waals surface area contributed by atoms with Crippen LogP contribution in [0, 0.1) is 0 Å². The van der Waals surface area contributed by atoms with E-state index in [2.05, 4.69) is 27.3 Å². The highest BCUT2D eigenvalue weighted by Crippen LogP contribution is 2.15. The molecule has 1 saturated heterocycles. The van der Waals surface area contributed by atoms with Crippen molar-refractivity contribution >= 4 is 30.7 Å². The van der Waals surface area contributed by atoms with E-state index in [-0.39, 0.29) is 36.8 Å². The van der Waals surface area contributed by atoms with Gasteiger partial charge in [-0.15, -0.1) is 24.8 Å². The Hall–Kier alpha value is -1.70. The molecule has 0 bridgehead atoms. The quantitative estimate of drug-likeness (QED) is 0.864. The van der Waals surface area contributed by atoms with Gasteiger partial charge < -0.3 is 10.2 Å². The maximum absolute atomic E-state index is 12.9. The maximum atomic E-state index is 12.9. The van der Waals surface area contributed by atoms with E-state index in [1.165, 1.54) is 6.33 Å². The van der Waals surface area contributed by atoms with Gasteiger partial charge in [0.1, 0.15) is 12.7 Å². The Morgan fingerprint density at radius 3 is 2.92 bits per heavy atom. The second-order valence-corrected chi connectivity index (χ2v) is 5.39. The third-order valence-corrected chi connectivity index (χ3v) is 3.85. The summed E-state index contributed by atoms with van der Waals surface area (Å²) in [5.41, 5.74) is 0.640. The summed E-state index contributed by atoms with van der Waals surface area (Å²) in [6, 6.07) is 3.80. The number of hydrogen-bond acceptors (Lipinski definition) is 5. The van der Waals surface area contributed by atoms with Crippen LogP contribution in [0.25, 0.3) is 5.82 Å². The van der Waals surface area contributed by atoms with Crippen LogP contribution < -0.4 is 5.32 Å². The summed E-state index contributed by atoms with van der Waals surface area (Å²) in [4.78, 5) is 23.0. The molecule has 2 aromatic rings. The zero-order valence-electron chi connectivity index (χ0n) is 13.5. The zero-order chi connectivity index (χ0) is 15.4. The molecule has 132 valence electrons. The van der Waals surface area contributed by atoms with Crippen molar-refractivity contribution in [3.8, 4) is 5.82 Å². The highest BCUT2D eigenvalue weighted by Gasteiger charge is 2.26. The minimum Gasteiger partial charge on any atom is -0.334 e. The summed E-state index contributed by atoms with van der Waals surface area (Å²) in [6.45, 7) is 4.70. The van der Waals surface area contributed by atoms with Gasteiger partial charge in [0.25, 0.3) is 5.91 Å². The fraction of sp³-hybridized carbons (Fsp3) is 0.467. The lowest BCUT2D eigenvalue weighted by Crippen LogP contribution is -2.42. The minimum atomic E-state index is 0. The number of hydrogen-bond donors (Lipinski definition) is 1. The maximum Gasteiger partial charge on any atom is 0.254 e. The molecule has 1 unspecified atom stereocenters. The Bertz CT molecular complexity index is 631. The molecule has 2 aromatic heterocycles. The van der Waals surface area contributed by atoms with Gasteiger partial charge in [-0.3, -0.25) is 4.79 Å². The van der Waals surface area contributed by atoms with Crippen molar-refractivity contribution in [1.29, 1.82) is 0 Å². The average molecular weight is 373 g/mol. The van der Waals surface area contributed by atoms with Gasteiger partial charge in [0.2, 0.25) is 0 Å². The van der Waals surface area contributed by atoms with E-state index in [1.54, 1.807) is 29.3 Å². The molecule has 7 nitrogen and oxygen atoms in total. The van der Waals surface area contributed by atoms with Gasteiger partial charge in [-0.1, -0.05) is 6.92 Å². The standard InChI is InChI=1S/C15H20N6O.2ClH/c1-2-7-20(13-4-5-16-9-13)15(22)12-3-6-18-14(8-12)21-11-17-10-19-21;;/h3,6,8,10-11,13,16H,2,4-5,7,9H2,1H3;2*1H. The van der Waals surface area contributed by atoms with Gasteiger partial charge in [-0.2, -0.15) is 5.10 Å². The number of rotatable bonds is 5. The Morgan fingerprint density at radius 2 is 2.29 bits per heavy atom. The van der Waals surface area contributed by atoms with Crippen molar-refractivity contribution in [3.05, 3.63) is 36.5 Å². The molecule has 1 amide bonds. The highest BCUT2D eigenvalue weighted by atomic mass is 35.5. The molecule has 1 aliphatic heterocycles. The summed E-state index contributed by atoms with van der Waals surface area (Å²) in [6.07, 6.45) is 6.61. The van der Waals surface area contributed by atoms with E-state index in [0.717, 1.165) is 32.5 Å². The Balaban J connectivity index is 0.00000144. The van der Waals surface area contributed by atoms with Crippen LogP contribution in [-0.4, -0.2) is 56.2 Å². The van der Waals surface area contributed by atoms with Crippen molar-refractivity contribution in [2.75, 3.05) is 19.6 Å². The number of nitrogens with zero attached hydrogens (tertiary/aromatic N) is 5. The van der Waals surface area contributed by atoms with Crippen LogP contribution in [0.2, 0.25) is 0 Å². The second-order valence-electron chi connectivity index (χ2n) is 5.39. The summed E-state index contributed by atoms with van der Waals surface area (Å²) >= 11 is 0. The van der Waals surface area contributed by atoms with Crippen LogP contribution >= 0.6 is 24.8 Å². The minimum absolute atomic E-state index is 0. The third kappa shape index (κ3) is 4.43. The van der Waals surface area contributed by atoms with E-state index in [1.807, 2.05) is 4.90 Å². The molecular weight excluding hydrogens is 351 g/mol. The molecule has 0 radical (unpaired) electrons. The summed E-state index contributed by atoms with van der Waals surface area (Å²) in [5.74, 6) is 0.656. The van der Waals surface area contributed by atoms with Crippen molar-refractivity contribution in [1.82, 2.24) is 30.0 Å². The fourth-order valence-electron chi connectivity index (χ4n) is 2.77. The van der Waals surface area contributed by atoms with Crippen LogP contribution in [-0.2, 0) is 0 Å². The number of pyridine rings is 1. The zero-order valence-corrected chi connectivity index (χ0v) is 15.1. The molecule has 1 aliphatic rings. The summed E-state index contributed by atoms with van der Waals surface area (Å²) in [7, 11) is 0. The van der Waals surface area contributed by atoms with Gasteiger partial charge >= 0.3 is 0 Å². The van der Waals surface area contributed by atoms with Crippen LogP contribution in [0.4, 0.5) is 0 Å². The number of aromatic nitrogens is 4. The lowest BCUT2D eigenvalue weighted by atomic mass is 10.1. The largest absolute Gasteiger partial charge is 0.334 e. The molecule has 1 atom stereocenters. The molecule has 0 aliphatic carbocycles. The lowest BCUT2D eigenvalue weighted by molar-refractivity contribution is 0.0692. The molecule has 3 rings (SSSR count). The van der Waals surface area contributed by atoms with Crippen molar-refractivity contribution in [3.63, 3.8) is 0 Å². The molecule has 3 heterocycles. The number of nitrogens with one attached hydrogen (secondary N) is 1. The third-order valence-electron chi connectivity index (χ3n) is 3.85. The summed E-state index contributed by atoms with van der Waals surface area (Å²) < 4.78 is 1.55. The lowest BCUT2D eigenvalue weighted by Gasteiger charge is -2.28. The number of carbonyl (C=O) groups is 1. The Kier molecular flexibility index (Phi) is 8.10. The van der Waals surface area contributed by atoms with Gasteiger partial charge in [-0.25, -0.2) is 14.6 Å². The Morgan fingerprint density at radius 1 is 1.46 bits per heavy atom. The van der Waals surface area contributed by atoms with Crippen LogP contribution in [0.1, 0.15) is 30.1 Å². The average Bonchev–Trinajstić information content (AvgIpc) is 3.25. The van der Waals surface area contributed by atoms with Gasteiger partial charge in [0, 0.05) is 30.9 Å². The molecule has 0 spiro atoms. The molecule has 24 heavy (non-hydrogen) atoms. The van der Waals surface area contributed by atoms with Crippen molar-refractivity contribution < 1.29 is 4.79 Å². The highest BCUT2D eigenvalue weighted by molar-refractivity contribution is 5.94. The number of carbonyl (C=O) groups excluding carboxylic acids is 1. The predicted octanol–water partition coefficient (Wildman–Crippen LogP) is 1.72. The van der Waals surface area contributed by atoms with E-state index >= 15 is 0 Å².